The summed E-state index contributed by atoms with van der Waals surface area (Å²) in [5, 5.41) is 0. The topological polar surface area (TPSA) is 52.6 Å². The number of carbonyl (C=O) groups is 2. The first kappa shape index (κ1) is 27.2. The minimum atomic E-state index is -6.49. The Morgan fingerprint density at radius 3 is 0.975 bits per heavy atom. The fourth-order valence-corrected chi connectivity index (χ4v) is 17.3. The summed E-state index contributed by atoms with van der Waals surface area (Å²) >= 11 is -6.49. The molecule has 5 aromatic rings. The summed E-state index contributed by atoms with van der Waals surface area (Å²) in [4.78, 5) is 27.8. The molecule has 0 aliphatic heterocycles. The number of hydrogen-bond donors (Lipinski definition) is 0. The van der Waals surface area contributed by atoms with E-state index in [1.54, 1.807) is 36.4 Å². The summed E-state index contributed by atoms with van der Waals surface area (Å²) in [5.41, 5.74) is 0.311. The summed E-state index contributed by atoms with van der Waals surface area (Å²) in [6, 6.07) is 31.3. The molecule has 0 aromatic heterocycles. The molecule has 5 aromatic carbocycles. The number of halogens is 3. The van der Waals surface area contributed by atoms with Crippen LogP contribution in [0.1, 0.15) is 20.7 Å². The van der Waals surface area contributed by atoms with E-state index < -0.39 is 47.6 Å². The second-order valence-corrected chi connectivity index (χ2v) is 19.8. The summed E-state index contributed by atoms with van der Waals surface area (Å²) in [6.07, 6.45) is 0. The molecule has 0 saturated heterocycles. The van der Waals surface area contributed by atoms with Gasteiger partial charge in [-0.1, -0.05) is 0 Å². The molecule has 5 rings (SSSR count). The van der Waals surface area contributed by atoms with Crippen molar-refractivity contribution in [1.29, 1.82) is 0 Å². The third-order valence-corrected chi connectivity index (χ3v) is 19.9. The molecule has 0 unspecified atom stereocenters. The van der Waals surface area contributed by atoms with Crippen LogP contribution < -0.4 is 10.5 Å². The van der Waals surface area contributed by atoms with Crippen LogP contribution in [0.15, 0.2) is 133 Å². The van der Waals surface area contributed by atoms with E-state index in [0.29, 0.717) is 0 Å². The molecule has 0 aliphatic rings. The van der Waals surface area contributed by atoms with Gasteiger partial charge in [0.25, 0.3) is 0 Å². The number of hydrogen-bond acceptors (Lipinski definition) is 4. The molecule has 0 atom stereocenters. The molecule has 4 nitrogen and oxygen atoms in total. The molecule has 40 heavy (non-hydrogen) atoms. The molecule has 200 valence electrons. The van der Waals surface area contributed by atoms with E-state index in [1.165, 1.54) is 60.7 Å². The Bertz CT molecular complexity index is 1470. The molecule has 8 heteroatoms. The monoisotopic (exact) mass is 648 g/mol. The molecule has 0 heterocycles. The first-order valence-electron chi connectivity index (χ1n) is 12.2. The standard InChI is InChI=1S/2C7H6O2.3C6H4F.Sb/c2*8-7(9)6-4-2-1-3-5-6;3*7-6-4-2-1-3-5-6;/h2*1-5H,(H,8,9);3*2-5H;/q;;;;;+2/p-2. The van der Waals surface area contributed by atoms with Crippen LogP contribution in [0, 0.1) is 17.5 Å². The van der Waals surface area contributed by atoms with Crippen molar-refractivity contribution < 1.29 is 28.8 Å². The Morgan fingerprint density at radius 2 is 0.700 bits per heavy atom. The van der Waals surface area contributed by atoms with Gasteiger partial charge in [0.15, 0.2) is 0 Å². The summed E-state index contributed by atoms with van der Waals surface area (Å²) in [5.74, 6) is -3.42. The van der Waals surface area contributed by atoms with Gasteiger partial charge in [-0.15, -0.1) is 0 Å². The van der Waals surface area contributed by atoms with Gasteiger partial charge in [0, 0.05) is 0 Å². The minimum absolute atomic E-state index is 0.155. The van der Waals surface area contributed by atoms with E-state index in [2.05, 4.69) is 0 Å². The number of rotatable bonds is 7. The molecule has 0 aliphatic carbocycles. The van der Waals surface area contributed by atoms with Crippen LogP contribution in [0.5, 0.6) is 0 Å². The summed E-state index contributed by atoms with van der Waals surface area (Å²) in [6.45, 7) is 0. The molecular formula is C32H22F3O4Sb. The van der Waals surface area contributed by atoms with Crippen LogP contribution in [-0.4, -0.2) is 30.2 Å². The molecule has 0 N–H and O–H groups in total. The zero-order chi connectivity index (χ0) is 28.2. The predicted octanol–water partition coefficient (Wildman–Crippen LogP) is 5.24. The Balaban J connectivity index is 1.92. The van der Waals surface area contributed by atoms with E-state index >= 15 is 0 Å². The Hall–Kier alpha value is -4.35. The van der Waals surface area contributed by atoms with Gasteiger partial charge in [0.1, 0.15) is 0 Å². The maximum atomic E-state index is 14.3. The van der Waals surface area contributed by atoms with Crippen molar-refractivity contribution in [2.24, 2.45) is 0 Å². The van der Waals surface area contributed by atoms with Crippen molar-refractivity contribution in [3.05, 3.63) is 162 Å². The van der Waals surface area contributed by atoms with Crippen molar-refractivity contribution in [2.45, 2.75) is 0 Å². The van der Waals surface area contributed by atoms with Gasteiger partial charge in [-0.05, 0) is 0 Å². The molecule has 0 radical (unpaired) electrons. The SMILES string of the molecule is O=C([O][Sb]([O]C(=O)c1ccccc1)([c]1ccc(F)cc1)([c]1ccc(F)cc1)[c]1ccc(F)cc1)c1ccccc1. The van der Waals surface area contributed by atoms with Crippen molar-refractivity contribution in [2.75, 3.05) is 0 Å². The van der Waals surface area contributed by atoms with Gasteiger partial charge in [-0.3, -0.25) is 0 Å². The van der Waals surface area contributed by atoms with Gasteiger partial charge < -0.3 is 0 Å². The maximum absolute atomic E-state index is 14.3. The summed E-state index contributed by atoms with van der Waals surface area (Å²) < 4.78 is 56.5. The van der Waals surface area contributed by atoms with Crippen LogP contribution in [-0.2, 0) is 6.03 Å². The first-order chi connectivity index (χ1) is 19.3. The molecule has 0 bridgehead atoms. The van der Waals surface area contributed by atoms with Crippen molar-refractivity contribution in [3.63, 3.8) is 0 Å². The van der Waals surface area contributed by atoms with Crippen LogP contribution in [0.4, 0.5) is 13.2 Å². The fraction of sp³-hybridized carbons (Fsp3) is 0. The molecule has 0 saturated carbocycles. The van der Waals surface area contributed by atoms with E-state index in [4.69, 9.17) is 6.03 Å². The van der Waals surface area contributed by atoms with Crippen LogP contribution in [0.25, 0.3) is 0 Å². The molecule has 0 amide bonds. The van der Waals surface area contributed by atoms with Crippen LogP contribution in [0.2, 0.25) is 0 Å². The van der Waals surface area contributed by atoms with Crippen LogP contribution >= 0.6 is 0 Å². The van der Waals surface area contributed by atoms with E-state index in [-0.39, 0.29) is 21.7 Å². The second-order valence-electron chi connectivity index (χ2n) is 8.88. The van der Waals surface area contributed by atoms with Gasteiger partial charge >= 0.3 is 232 Å². The number of benzene rings is 5. The van der Waals surface area contributed by atoms with Gasteiger partial charge in [-0.2, -0.15) is 0 Å². The van der Waals surface area contributed by atoms with Crippen molar-refractivity contribution in [3.8, 4) is 0 Å². The first-order valence-corrected chi connectivity index (χ1v) is 18.1. The summed E-state index contributed by atoms with van der Waals surface area (Å²) in [7, 11) is 0. The zero-order valence-electron chi connectivity index (χ0n) is 20.9. The second kappa shape index (κ2) is 11.0. The van der Waals surface area contributed by atoms with Gasteiger partial charge in [0.05, 0.1) is 0 Å². The third kappa shape index (κ3) is 4.89. The van der Waals surface area contributed by atoms with Crippen molar-refractivity contribution in [1.82, 2.24) is 0 Å². The molecular weight excluding hydrogens is 627 g/mol. The van der Waals surface area contributed by atoms with E-state index in [9.17, 15) is 22.8 Å². The average Bonchev–Trinajstić information content (AvgIpc) is 2.99. The normalized spacial score (nSPS) is 12.1. The van der Waals surface area contributed by atoms with E-state index in [1.807, 2.05) is 0 Å². The number of carbonyl (C=O) groups excluding carboxylic acids is 2. The molecule has 0 spiro atoms. The third-order valence-electron chi connectivity index (χ3n) is 6.42. The average molecular weight is 649 g/mol. The van der Waals surface area contributed by atoms with Crippen molar-refractivity contribution >= 4 is 40.7 Å². The predicted molar refractivity (Wildman–Crippen MR) is 148 cm³/mol. The fourth-order valence-electron chi connectivity index (χ4n) is 4.49. The van der Waals surface area contributed by atoms with E-state index in [0.717, 1.165) is 36.4 Å². The quantitative estimate of drug-likeness (QED) is 0.227. The van der Waals surface area contributed by atoms with Gasteiger partial charge in [-0.25, -0.2) is 0 Å². The Morgan fingerprint density at radius 1 is 0.425 bits per heavy atom. The van der Waals surface area contributed by atoms with Crippen LogP contribution in [0.3, 0.4) is 0 Å². The Kier molecular flexibility index (Phi) is 7.50. The van der Waals surface area contributed by atoms with Gasteiger partial charge in [0.2, 0.25) is 0 Å². The molecule has 0 fully saturated rings. The zero-order valence-corrected chi connectivity index (χ0v) is 23.5. The Labute approximate surface area is 230 Å².